The van der Waals surface area contributed by atoms with Crippen molar-refractivity contribution in [1.82, 2.24) is 10.6 Å². The number of nitrogens with one attached hydrogen (secondary N) is 2. The van der Waals surface area contributed by atoms with Gasteiger partial charge < -0.3 is 15.4 Å². The van der Waals surface area contributed by atoms with Crippen molar-refractivity contribution in [2.24, 2.45) is 0 Å². The second kappa shape index (κ2) is 7.78. The van der Waals surface area contributed by atoms with Gasteiger partial charge in [-0.15, -0.1) is 0 Å². The van der Waals surface area contributed by atoms with Crippen LogP contribution >= 0.6 is 0 Å². The molecule has 0 bridgehead atoms. The molecule has 0 saturated heterocycles. The van der Waals surface area contributed by atoms with Gasteiger partial charge in [0.1, 0.15) is 5.75 Å². The topological polar surface area (TPSA) is 50.4 Å². The van der Waals surface area contributed by atoms with Crippen molar-refractivity contribution >= 4 is 6.03 Å². The van der Waals surface area contributed by atoms with E-state index in [1.54, 1.807) is 7.11 Å². The molecule has 1 aromatic rings. The summed E-state index contributed by atoms with van der Waals surface area (Å²) in [6, 6.07) is 8.43. The molecule has 0 unspecified atom stereocenters. The van der Waals surface area contributed by atoms with Crippen LogP contribution in [0.5, 0.6) is 5.75 Å². The van der Waals surface area contributed by atoms with E-state index in [0.29, 0.717) is 12.6 Å². The molecule has 2 rings (SSSR count). The minimum atomic E-state index is -0.0216. The van der Waals surface area contributed by atoms with Gasteiger partial charge in [-0.1, -0.05) is 25.0 Å². The standard InChI is InChI=1S/C16H24N2O2/c1-20-15-10-8-13(9-11-15)5-4-12-17-16(19)18-14-6-2-3-7-14/h8-11,14H,2-7,12H2,1H3,(H2,17,18,19). The van der Waals surface area contributed by atoms with Gasteiger partial charge in [0.15, 0.2) is 0 Å². The molecule has 1 fully saturated rings. The SMILES string of the molecule is COc1ccc(CCCNC(=O)NC2CCCC2)cc1. The van der Waals surface area contributed by atoms with Crippen LogP contribution < -0.4 is 15.4 Å². The molecule has 0 radical (unpaired) electrons. The van der Waals surface area contributed by atoms with Gasteiger partial charge in [0.2, 0.25) is 0 Å². The summed E-state index contributed by atoms with van der Waals surface area (Å²) in [5.41, 5.74) is 1.27. The molecular weight excluding hydrogens is 252 g/mol. The summed E-state index contributed by atoms with van der Waals surface area (Å²) in [6.07, 6.45) is 6.64. The first kappa shape index (κ1) is 14.7. The molecule has 1 aliphatic carbocycles. The lowest BCUT2D eigenvalue weighted by molar-refractivity contribution is 0.237. The number of rotatable bonds is 6. The molecule has 0 aliphatic heterocycles. The van der Waals surface area contributed by atoms with Crippen molar-refractivity contribution in [3.05, 3.63) is 29.8 Å². The molecule has 0 heterocycles. The van der Waals surface area contributed by atoms with Gasteiger partial charge in [0.25, 0.3) is 0 Å². The highest BCUT2D eigenvalue weighted by atomic mass is 16.5. The summed E-state index contributed by atoms with van der Waals surface area (Å²) in [6.45, 7) is 0.713. The normalized spacial score (nSPS) is 15.1. The summed E-state index contributed by atoms with van der Waals surface area (Å²) in [7, 11) is 1.67. The van der Waals surface area contributed by atoms with Crippen LogP contribution in [0.25, 0.3) is 0 Å². The molecule has 1 aliphatic rings. The Morgan fingerprint density at radius 2 is 1.95 bits per heavy atom. The van der Waals surface area contributed by atoms with E-state index in [4.69, 9.17) is 4.74 Å². The van der Waals surface area contributed by atoms with Gasteiger partial charge in [-0.2, -0.15) is 0 Å². The van der Waals surface area contributed by atoms with Crippen LogP contribution in [0.3, 0.4) is 0 Å². The molecular formula is C16H24N2O2. The fourth-order valence-electron chi connectivity index (χ4n) is 2.59. The number of aryl methyl sites for hydroxylation is 1. The Labute approximate surface area is 120 Å². The average molecular weight is 276 g/mol. The molecule has 20 heavy (non-hydrogen) atoms. The number of benzene rings is 1. The lowest BCUT2D eigenvalue weighted by atomic mass is 10.1. The predicted octanol–water partition coefficient (Wildman–Crippen LogP) is 2.87. The highest BCUT2D eigenvalue weighted by Gasteiger charge is 2.16. The smallest absolute Gasteiger partial charge is 0.315 e. The van der Waals surface area contributed by atoms with Crippen LogP contribution in [-0.4, -0.2) is 25.7 Å². The zero-order chi connectivity index (χ0) is 14.2. The summed E-state index contributed by atoms with van der Waals surface area (Å²) in [4.78, 5) is 11.7. The predicted molar refractivity (Wildman–Crippen MR) is 80.1 cm³/mol. The summed E-state index contributed by atoms with van der Waals surface area (Å²) >= 11 is 0. The lowest BCUT2D eigenvalue weighted by Gasteiger charge is -2.12. The van der Waals surface area contributed by atoms with E-state index in [0.717, 1.165) is 31.4 Å². The number of hydrogen-bond acceptors (Lipinski definition) is 2. The first-order valence-corrected chi connectivity index (χ1v) is 7.45. The average Bonchev–Trinajstić information content (AvgIpc) is 2.97. The molecule has 2 N–H and O–H groups in total. The largest absolute Gasteiger partial charge is 0.497 e. The molecule has 0 spiro atoms. The van der Waals surface area contributed by atoms with Crippen molar-refractivity contribution in [2.45, 2.75) is 44.6 Å². The van der Waals surface area contributed by atoms with Gasteiger partial charge in [-0.3, -0.25) is 0 Å². The quantitative estimate of drug-likeness (QED) is 0.785. The second-order valence-electron chi connectivity index (χ2n) is 5.33. The molecule has 4 heteroatoms. The fourth-order valence-corrected chi connectivity index (χ4v) is 2.59. The monoisotopic (exact) mass is 276 g/mol. The second-order valence-corrected chi connectivity index (χ2v) is 5.33. The van der Waals surface area contributed by atoms with E-state index in [1.807, 2.05) is 12.1 Å². The molecule has 2 amide bonds. The molecule has 1 saturated carbocycles. The molecule has 0 aromatic heterocycles. The summed E-state index contributed by atoms with van der Waals surface area (Å²) < 4.78 is 5.12. The van der Waals surface area contributed by atoms with E-state index in [9.17, 15) is 4.79 Å². The van der Waals surface area contributed by atoms with Crippen LogP contribution in [0, 0.1) is 0 Å². The van der Waals surface area contributed by atoms with Gasteiger partial charge in [-0.25, -0.2) is 4.79 Å². The number of urea groups is 1. The van der Waals surface area contributed by atoms with Crippen LogP contribution in [0.1, 0.15) is 37.7 Å². The van der Waals surface area contributed by atoms with E-state index in [1.165, 1.54) is 18.4 Å². The van der Waals surface area contributed by atoms with Gasteiger partial charge in [-0.05, 0) is 43.4 Å². The summed E-state index contributed by atoms with van der Waals surface area (Å²) in [5.74, 6) is 0.878. The van der Waals surface area contributed by atoms with Gasteiger partial charge in [0, 0.05) is 12.6 Å². The number of hydrogen-bond donors (Lipinski definition) is 2. The Morgan fingerprint density at radius 1 is 1.25 bits per heavy atom. The van der Waals surface area contributed by atoms with Crippen molar-refractivity contribution in [3.8, 4) is 5.75 Å². The van der Waals surface area contributed by atoms with Crippen LogP contribution in [0.4, 0.5) is 4.79 Å². The van der Waals surface area contributed by atoms with E-state index < -0.39 is 0 Å². The number of carbonyl (C=O) groups is 1. The Morgan fingerprint density at radius 3 is 2.60 bits per heavy atom. The zero-order valence-electron chi connectivity index (χ0n) is 12.2. The fraction of sp³-hybridized carbons (Fsp3) is 0.562. The Balaban J connectivity index is 1.59. The van der Waals surface area contributed by atoms with Crippen LogP contribution in [0.15, 0.2) is 24.3 Å². The maximum Gasteiger partial charge on any atom is 0.315 e. The maximum absolute atomic E-state index is 11.7. The third-order valence-corrected chi connectivity index (χ3v) is 3.78. The molecule has 110 valence electrons. The lowest BCUT2D eigenvalue weighted by Crippen LogP contribution is -2.41. The highest BCUT2D eigenvalue weighted by Crippen LogP contribution is 2.17. The van der Waals surface area contributed by atoms with Gasteiger partial charge in [0.05, 0.1) is 7.11 Å². The van der Waals surface area contributed by atoms with E-state index in [2.05, 4.69) is 22.8 Å². The number of ether oxygens (including phenoxy) is 1. The van der Waals surface area contributed by atoms with Gasteiger partial charge >= 0.3 is 6.03 Å². The van der Waals surface area contributed by atoms with Crippen molar-refractivity contribution in [1.29, 1.82) is 0 Å². The third kappa shape index (κ3) is 4.76. The number of amides is 2. The molecule has 4 nitrogen and oxygen atoms in total. The molecule has 1 aromatic carbocycles. The number of methoxy groups -OCH3 is 1. The third-order valence-electron chi connectivity index (χ3n) is 3.78. The minimum absolute atomic E-state index is 0.0216. The van der Waals surface area contributed by atoms with Crippen LogP contribution in [0.2, 0.25) is 0 Å². The van der Waals surface area contributed by atoms with E-state index >= 15 is 0 Å². The first-order chi connectivity index (χ1) is 9.78. The maximum atomic E-state index is 11.7. The number of carbonyl (C=O) groups excluding carboxylic acids is 1. The summed E-state index contributed by atoms with van der Waals surface area (Å²) in [5, 5.41) is 5.95. The van der Waals surface area contributed by atoms with Crippen molar-refractivity contribution in [2.75, 3.05) is 13.7 Å². The Bertz CT molecular complexity index is 411. The Kier molecular flexibility index (Phi) is 5.71. The van der Waals surface area contributed by atoms with Crippen molar-refractivity contribution < 1.29 is 9.53 Å². The van der Waals surface area contributed by atoms with E-state index in [-0.39, 0.29) is 6.03 Å². The minimum Gasteiger partial charge on any atom is -0.497 e. The van der Waals surface area contributed by atoms with Crippen LogP contribution in [-0.2, 0) is 6.42 Å². The zero-order valence-corrected chi connectivity index (χ0v) is 12.2. The van der Waals surface area contributed by atoms with Crippen molar-refractivity contribution in [3.63, 3.8) is 0 Å². The first-order valence-electron chi connectivity index (χ1n) is 7.45. The Hall–Kier alpha value is -1.71. The molecule has 0 atom stereocenters. The highest BCUT2D eigenvalue weighted by molar-refractivity contribution is 5.74.